The van der Waals surface area contributed by atoms with Crippen molar-refractivity contribution in [2.24, 2.45) is 5.92 Å². The van der Waals surface area contributed by atoms with Crippen LogP contribution in [0.2, 0.25) is 0 Å². The minimum atomic E-state index is -0.318. The standard InChI is InChI=1S/C26H39NO3/c1-5-7-9-11-16-23(17-18-25(28)30-19-8-6-2)21-24(26(29)27(3)4)20-22-14-12-10-13-15-22/h10,12-18,24H,5-9,11,19-21H2,1-4H3/b18-17+,23-16-. The number of hydrogen-bond acceptors (Lipinski definition) is 3. The van der Waals surface area contributed by atoms with E-state index in [1.54, 1.807) is 19.0 Å². The summed E-state index contributed by atoms with van der Waals surface area (Å²) in [5.74, 6) is -0.376. The van der Waals surface area contributed by atoms with E-state index in [4.69, 9.17) is 4.74 Å². The Hall–Kier alpha value is -2.36. The molecule has 1 aromatic rings. The van der Waals surface area contributed by atoms with Gasteiger partial charge < -0.3 is 9.64 Å². The average molecular weight is 414 g/mol. The predicted molar refractivity (Wildman–Crippen MR) is 124 cm³/mol. The Morgan fingerprint density at radius 3 is 2.33 bits per heavy atom. The molecule has 1 amide bonds. The number of ether oxygens (including phenoxy) is 1. The molecule has 0 spiro atoms. The molecule has 0 heterocycles. The summed E-state index contributed by atoms with van der Waals surface area (Å²) in [6, 6.07) is 10.1. The van der Waals surface area contributed by atoms with Crippen LogP contribution in [0, 0.1) is 5.92 Å². The Kier molecular flexibility index (Phi) is 13.2. The fraction of sp³-hybridized carbons (Fsp3) is 0.538. The van der Waals surface area contributed by atoms with Gasteiger partial charge in [0.25, 0.3) is 0 Å². The van der Waals surface area contributed by atoms with Crippen molar-refractivity contribution in [3.05, 3.63) is 59.7 Å². The van der Waals surface area contributed by atoms with Gasteiger partial charge in [0, 0.05) is 26.1 Å². The molecule has 30 heavy (non-hydrogen) atoms. The molecule has 0 saturated heterocycles. The van der Waals surface area contributed by atoms with Crippen molar-refractivity contribution in [1.82, 2.24) is 4.90 Å². The monoisotopic (exact) mass is 413 g/mol. The van der Waals surface area contributed by atoms with Gasteiger partial charge in [-0.05, 0) is 37.7 Å². The smallest absolute Gasteiger partial charge is 0.330 e. The van der Waals surface area contributed by atoms with Crippen molar-refractivity contribution in [1.29, 1.82) is 0 Å². The lowest BCUT2D eigenvalue weighted by atomic mass is 9.90. The lowest BCUT2D eigenvalue weighted by Gasteiger charge is -2.21. The largest absolute Gasteiger partial charge is 0.463 e. The second-order valence-corrected chi connectivity index (χ2v) is 7.95. The Labute approximate surface area is 183 Å². The van der Waals surface area contributed by atoms with E-state index in [1.165, 1.54) is 18.9 Å². The summed E-state index contributed by atoms with van der Waals surface area (Å²) in [6.07, 6.45) is 13.1. The zero-order valence-electron chi connectivity index (χ0n) is 19.2. The highest BCUT2D eigenvalue weighted by Crippen LogP contribution is 2.21. The average Bonchev–Trinajstić information content (AvgIpc) is 2.74. The molecule has 1 aromatic carbocycles. The molecule has 0 saturated carbocycles. The molecule has 166 valence electrons. The Morgan fingerprint density at radius 2 is 1.70 bits per heavy atom. The molecule has 0 N–H and O–H groups in total. The first-order valence-corrected chi connectivity index (χ1v) is 11.3. The first-order valence-electron chi connectivity index (χ1n) is 11.3. The second-order valence-electron chi connectivity index (χ2n) is 7.95. The molecule has 1 unspecified atom stereocenters. The van der Waals surface area contributed by atoms with E-state index in [0.717, 1.165) is 36.8 Å². The van der Waals surface area contributed by atoms with Crippen LogP contribution in [-0.4, -0.2) is 37.5 Å². The van der Waals surface area contributed by atoms with E-state index in [0.29, 0.717) is 19.4 Å². The van der Waals surface area contributed by atoms with Gasteiger partial charge in [-0.1, -0.05) is 81.2 Å². The molecule has 0 radical (unpaired) electrons. The first-order chi connectivity index (χ1) is 14.5. The lowest BCUT2D eigenvalue weighted by molar-refractivity contribution is -0.137. The molecule has 0 bridgehead atoms. The van der Waals surface area contributed by atoms with Crippen molar-refractivity contribution in [2.45, 2.75) is 65.2 Å². The minimum absolute atomic E-state index is 0.109. The number of benzene rings is 1. The summed E-state index contributed by atoms with van der Waals surface area (Å²) >= 11 is 0. The van der Waals surface area contributed by atoms with Gasteiger partial charge in [0.2, 0.25) is 5.91 Å². The predicted octanol–water partition coefficient (Wildman–Crippen LogP) is 5.73. The maximum atomic E-state index is 12.9. The molecule has 4 heteroatoms. The number of carbonyl (C=O) groups excluding carboxylic acids is 2. The molecule has 0 aliphatic rings. The van der Waals surface area contributed by atoms with E-state index in [1.807, 2.05) is 24.3 Å². The van der Waals surface area contributed by atoms with Crippen LogP contribution in [0.25, 0.3) is 0 Å². The van der Waals surface area contributed by atoms with Crippen LogP contribution in [0.3, 0.4) is 0 Å². The van der Waals surface area contributed by atoms with Crippen LogP contribution in [-0.2, 0) is 20.7 Å². The second kappa shape index (κ2) is 15.5. The van der Waals surface area contributed by atoms with Crippen molar-refractivity contribution in [3.8, 4) is 0 Å². The molecule has 0 aliphatic heterocycles. The number of nitrogens with zero attached hydrogens (tertiary/aromatic N) is 1. The van der Waals surface area contributed by atoms with E-state index in [9.17, 15) is 9.59 Å². The number of hydrogen-bond donors (Lipinski definition) is 0. The van der Waals surface area contributed by atoms with Gasteiger partial charge in [-0.15, -0.1) is 0 Å². The maximum absolute atomic E-state index is 12.9. The summed E-state index contributed by atoms with van der Waals surface area (Å²) in [4.78, 5) is 26.5. The number of unbranched alkanes of at least 4 members (excludes halogenated alkanes) is 4. The Morgan fingerprint density at radius 1 is 1.00 bits per heavy atom. The molecule has 1 atom stereocenters. The normalized spacial score (nSPS) is 12.7. The van der Waals surface area contributed by atoms with Crippen LogP contribution in [0.5, 0.6) is 0 Å². The number of esters is 1. The Bertz CT molecular complexity index is 677. The molecule has 0 fully saturated rings. The fourth-order valence-corrected chi connectivity index (χ4v) is 3.24. The van der Waals surface area contributed by atoms with E-state index in [2.05, 4.69) is 32.1 Å². The van der Waals surface area contributed by atoms with Crippen LogP contribution >= 0.6 is 0 Å². The summed E-state index contributed by atoms with van der Waals surface area (Å²) in [5.41, 5.74) is 2.17. The highest BCUT2D eigenvalue weighted by molar-refractivity contribution is 5.83. The Balaban J connectivity index is 2.93. The van der Waals surface area contributed by atoms with Crippen LogP contribution in [0.15, 0.2) is 54.1 Å². The van der Waals surface area contributed by atoms with Crippen molar-refractivity contribution in [3.63, 3.8) is 0 Å². The summed E-state index contributed by atoms with van der Waals surface area (Å²) in [6.45, 7) is 4.70. The highest BCUT2D eigenvalue weighted by atomic mass is 16.5. The van der Waals surface area contributed by atoms with E-state index in [-0.39, 0.29) is 17.8 Å². The van der Waals surface area contributed by atoms with Gasteiger partial charge >= 0.3 is 5.97 Å². The number of carbonyl (C=O) groups is 2. The van der Waals surface area contributed by atoms with Gasteiger partial charge in [-0.2, -0.15) is 0 Å². The topological polar surface area (TPSA) is 46.6 Å². The summed E-state index contributed by atoms with van der Waals surface area (Å²) < 4.78 is 5.23. The lowest BCUT2D eigenvalue weighted by Crippen LogP contribution is -2.31. The minimum Gasteiger partial charge on any atom is -0.463 e. The number of amides is 1. The molecular formula is C26H39NO3. The highest BCUT2D eigenvalue weighted by Gasteiger charge is 2.21. The molecule has 0 aliphatic carbocycles. The third-order valence-corrected chi connectivity index (χ3v) is 4.99. The zero-order valence-corrected chi connectivity index (χ0v) is 19.2. The molecule has 0 aromatic heterocycles. The fourth-order valence-electron chi connectivity index (χ4n) is 3.24. The van der Waals surface area contributed by atoms with Crippen molar-refractivity contribution < 1.29 is 14.3 Å². The SMILES string of the molecule is CCCCC/C=C(/C=C/C(=O)OCCCC)CC(Cc1ccccc1)C(=O)N(C)C. The van der Waals surface area contributed by atoms with Gasteiger partial charge in [0.15, 0.2) is 0 Å². The third kappa shape index (κ3) is 11.0. The maximum Gasteiger partial charge on any atom is 0.330 e. The number of rotatable bonds is 14. The summed E-state index contributed by atoms with van der Waals surface area (Å²) in [7, 11) is 3.60. The van der Waals surface area contributed by atoms with Crippen LogP contribution in [0.1, 0.15) is 64.4 Å². The van der Waals surface area contributed by atoms with Gasteiger partial charge in [-0.3, -0.25) is 4.79 Å². The molecule has 4 nitrogen and oxygen atoms in total. The van der Waals surface area contributed by atoms with E-state index >= 15 is 0 Å². The number of allylic oxidation sites excluding steroid dienone is 3. The summed E-state index contributed by atoms with van der Waals surface area (Å²) in [5, 5.41) is 0. The van der Waals surface area contributed by atoms with Crippen LogP contribution < -0.4 is 0 Å². The first kappa shape index (κ1) is 25.7. The van der Waals surface area contributed by atoms with Crippen molar-refractivity contribution >= 4 is 11.9 Å². The molecular weight excluding hydrogens is 374 g/mol. The van der Waals surface area contributed by atoms with Gasteiger partial charge in [0.05, 0.1) is 6.61 Å². The van der Waals surface area contributed by atoms with Crippen molar-refractivity contribution in [2.75, 3.05) is 20.7 Å². The van der Waals surface area contributed by atoms with Crippen LogP contribution in [0.4, 0.5) is 0 Å². The quantitative estimate of drug-likeness (QED) is 0.169. The van der Waals surface area contributed by atoms with E-state index < -0.39 is 0 Å². The third-order valence-electron chi connectivity index (χ3n) is 4.99. The zero-order chi connectivity index (χ0) is 22.2. The van der Waals surface area contributed by atoms with Gasteiger partial charge in [0.1, 0.15) is 0 Å². The van der Waals surface area contributed by atoms with Gasteiger partial charge in [-0.25, -0.2) is 4.79 Å². The molecule has 1 rings (SSSR count).